The summed E-state index contributed by atoms with van der Waals surface area (Å²) in [5.74, 6) is -1.77. The van der Waals surface area contributed by atoms with Crippen LogP contribution in [0.2, 0.25) is 5.02 Å². The minimum absolute atomic E-state index is 0.0791. The van der Waals surface area contributed by atoms with Crippen molar-refractivity contribution in [1.82, 2.24) is 0 Å². The molecule has 1 atom stereocenters. The van der Waals surface area contributed by atoms with Crippen LogP contribution >= 0.6 is 11.6 Å². The van der Waals surface area contributed by atoms with Gasteiger partial charge < -0.3 is 10.5 Å². The third-order valence-corrected chi connectivity index (χ3v) is 3.56. The molecular weight excluding hydrogens is 296 g/mol. The first-order chi connectivity index (χ1) is 10.0. The van der Waals surface area contributed by atoms with Crippen molar-refractivity contribution in [2.24, 2.45) is 5.73 Å². The minimum Gasteiger partial charge on any atom is -0.454 e. The number of halogens is 3. The quantitative estimate of drug-likeness (QED) is 0.869. The molecular formula is C16H16ClF2NO. The molecule has 1 unspecified atom stereocenters. The van der Waals surface area contributed by atoms with Crippen LogP contribution in [-0.4, -0.2) is 6.04 Å². The van der Waals surface area contributed by atoms with E-state index < -0.39 is 11.6 Å². The Balaban J connectivity index is 2.35. The van der Waals surface area contributed by atoms with E-state index in [1.807, 2.05) is 6.92 Å². The van der Waals surface area contributed by atoms with Crippen LogP contribution in [0.3, 0.4) is 0 Å². The maximum absolute atomic E-state index is 13.7. The van der Waals surface area contributed by atoms with Crippen LogP contribution in [0.1, 0.15) is 18.9 Å². The van der Waals surface area contributed by atoms with Gasteiger partial charge in [0.2, 0.25) is 5.82 Å². The third-order valence-electron chi connectivity index (χ3n) is 3.20. The van der Waals surface area contributed by atoms with Gasteiger partial charge in [-0.2, -0.15) is 4.39 Å². The number of nitrogens with two attached hydrogens (primary N) is 1. The van der Waals surface area contributed by atoms with Crippen molar-refractivity contribution in [3.8, 4) is 11.5 Å². The van der Waals surface area contributed by atoms with Gasteiger partial charge in [-0.15, -0.1) is 0 Å². The summed E-state index contributed by atoms with van der Waals surface area (Å²) >= 11 is 6.16. The minimum atomic E-state index is -1.02. The van der Waals surface area contributed by atoms with E-state index in [9.17, 15) is 8.78 Å². The summed E-state index contributed by atoms with van der Waals surface area (Å²) in [5, 5.41) is 0.494. The molecule has 2 rings (SSSR count). The Kier molecular flexibility index (Phi) is 5.15. The lowest BCUT2D eigenvalue weighted by Gasteiger charge is -2.16. The maximum Gasteiger partial charge on any atom is 0.201 e. The van der Waals surface area contributed by atoms with Gasteiger partial charge >= 0.3 is 0 Å². The van der Waals surface area contributed by atoms with Crippen molar-refractivity contribution in [3.63, 3.8) is 0 Å². The van der Waals surface area contributed by atoms with Crippen LogP contribution in [0.5, 0.6) is 11.5 Å². The molecule has 0 amide bonds. The highest BCUT2D eigenvalue weighted by molar-refractivity contribution is 6.31. The van der Waals surface area contributed by atoms with Gasteiger partial charge in [0.05, 0.1) is 0 Å². The highest BCUT2D eigenvalue weighted by Crippen LogP contribution is 2.33. The first kappa shape index (κ1) is 15.7. The fraction of sp³-hybridized carbons (Fsp3) is 0.250. The molecule has 0 saturated carbocycles. The zero-order chi connectivity index (χ0) is 15.4. The predicted octanol–water partition coefficient (Wildman–Crippen LogP) is 4.69. The van der Waals surface area contributed by atoms with Crippen LogP contribution in [0.15, 0.2) is 36.4 Å². The predicted molar refractivity (Wildman–Crippen MR) is 79.9 cm³/mol. The molecule has 5 heteroatoms. The highest BCUT2D eigenvalue weighted by Gasteiger charge is 2.15. The molecule has 112 valence electrons. The van der Waals surface area contributed by atoms with Crippen LogP contribution in [0, 0.1) is 11.6 Å². The number of hydrogen-bond acceptors (Lipinski definition) is 2. The summed E-state index contributed by atoms with van der Waals surface area (Å²) in [5.41, 5.74) is 6.63. The van der Waals surface area contributed by atoms with Crippen molar-refractivity contribution in [2.45, 2.75) is 25.8 Å². The molecule has 0 heterocycles. The van der Waals surface area contributed by atoms with E-state index in [-0.39, 0.29) is 11.8 Å². The van der Waals surface area contributed by atoms with Gasteiger partial charge in [0.15, 0.2) is 11.6 Å². The SMILES string of the molecule is CCC(N)Cc1c(Cl)cccc1Oc1cccc(F)c1F. The van der Waals surface area contributed by atoms with Crippen molar-refractivity contribution < 1.29 is 13.5 Å². The zero-order valence-electron chi connectivity index (χ0n) is 11.6. The molecule has 0 radical (unpaired) electrons. The fourth-order valence-electron chi connectivity index (χ4n) is 1.92. The molecule has 0 saturated heterocycles. The molecule has 2 aromatic rings. The van der Waals surface area contributed by atoms with Crippen molar-refractivity contribution in [3.05, 3.63) is 58.6 Å². The topological polar surface area (TPSA) is 35.2 Å². The molecule has 0 aliphatic heterocycles. The molecule has 2 aromatic carbocycles. The van der Waals surface area contributed by atoms with E-state index in [0.29, 0.717) is 22.8 Å². The first-order valence-corrected chi connectivity index (χ1v) is 7.05. The van der Waals surface area contributed by atoms with E-state index in [2.05, 4.69) is 0 Å². The number of hydrogen-bond donors (Lipinski definition) is 1. The lowest BCUT2D eigenvalue weighted by Crippen LogP contribution is -2.21. The summed E-state index contributed by atoms with van der Waals surface area (Å²) in [7, 11) is 0. The van der Waals surface area contributed by atoms with Crippen LogP contribution in [0.4, 0.5) is 8.78 Å². The van der Waals surface area contributed by atoms with Gasteiger partial charge in [-0.1, -0.05) is 30.7 Å². The number of benzene rings is 2. The van der Waals surface area contributed by atoms with Gasteiger partial charge in [0.1, 0.15) is 5.75 Å². The van der Waals surface area contributed by atoms with Gasteiger partial charge in [-0.25, -0.2) is 4.39 Å². The fourth-order valence-corrected chi connectivity index (χ4v) is 2.16. The van der Waals surface area contributed by atoms with Crippen LogP contribution in [0.25, 0.3) is 0 Å². The van der Waals surface area contributed by atoms with Crippen LogP contribution < -0.4 is 10.5 Å². The molecule has 0 aliphatic carbocycles. The Morgan fingerprint density at radius 1 is 1.14 bits per heavy atom. The van der Waals surface area contributed by atoms with Crippen molar-refractivity contribution in [1.29, 1.82) is 0 Å². The first-order valence-electron chi connectivity index (χ1n) is 6.67. The summed E-state index contributed by atoms with van der Waals surface area (Å²) in [4.78, 5) is 0. The summed E-state index contributed by atoms with van der Waals surface area (Å²) in [6.07, 6.45) is 1.28. The Hall–Kier alpha value is -1.65. The van der Waals surface area contributed by atoms with E-state index >= 15 is 0 Å². The van der Waals surface area contributed by atoms with Gasteiger partial charge in [-0.3, -0.25) is 0 Å². The molecule has 0 spiro atoms. The standard InChI is InChI=1S/C16H16ClF2NO/c1-2-10(20)9-11-12(17)5-3-7-14(11)21-15-8-4-6-13(18)16(15)19/h3-8,10H,2,9,20H2,1H3. The largest absolute Gasteiger partial charge is 0.454 e. The number of ether oxygens (including phenoxy) is 1. The second-order valence-corrected chi connectivity index (χ2v) is 5.15. The summed E-state index contributed by atoms with van der Waals surface area (Å²) in [6.45, 7) is 1.97. The third kappa shape index (κ3) is 3.71. The summed E-state index contributed by atoms with van der Waals surface area (Å²) in [6, 6.07) is 8.77. The van der Waals surface area contributed by atoms with Crippen molar-refractivity contribution in [2.75, 3.05) is 0 Å². The smallest absolute Gasteiger partial charge is 0.201 e. The Bertz CT molecular complexity index is 634. The molecule has 0 bridgehead atoms. The maximum atomic E-state index is 13.7. The van der Waals surface area contributed by atoms with E-state index in [0.717, 1.165) is 12.5 Å². The van der Waals surface area contributed by atoms with Gasteiger partial charge in [-0.05, 0) is 37.1 Å². The molecule has 2 N–H and O–H groups in total. The lowest BCUT2D eigenvalue weighted by atomic mass is 10.0. The number of rotatable bonds is 5. The molecule has 21 heavy (non-hydrogen) atoms. The Morgan fingerprint density at radius 2 is 1.81 bits per heavy atom. The Morgan fingerprint density at radius 3 is 2.52 bits per heavy atom. The van der Waals surface area contributed by atoms with Crippen molar-refractivity contribution >= 4 is 11.6 Å². The summed E-state index contributed by atoms with van der Waals surface area (Å²) < 4.78 is 32.4. The van der Waals surface area contributed by atoms with Gasteiger partial charge in [0.25, 0.3) is 0 Å². The molecule has 0 aliphatic rings. The monoisotopic (exact) mass is 311 g/mol. The molecule has 2 nitrogen and oxygen atoms in total. The van der Waals surface area contributed by atoms with Gasteiger partial charge in [0, 0.05) is 16.6 Å². The molecule has 0 aromatic heterocycles. The normalized spacial score (nSPS) is 12.2. The van der Waals surface area contributed by atoms with Crippen LogP contribution in [-0.2, 0) is 6.42 Å². The zero-order valence-corrected chi connectivity index (χ0v) is 12.3. The van der Waals surface area contributed by atoms with E-state index in [1.165, 1.54) is 12.1 Å². The average molecular weight is 312 g/mol. The average Bonchev–Trinajstić information content (AvgIpc) is 2.47. The lowest BCUT2D eigenvalue weighted by molar-refractivity contribution is 0.411. The van der Waals surface area contributed by atoms with E-state index in [1.54, 1.807) is 18.2 Å². The highest BCUT2D eigenvalue weighted by atomic mass is 35.5. The second-order valence-electron chi connectivity index (χ2n) is 4.74. The molecule has 0 fully saturated rings. The Labute approximate surface area is 127 Å². The second kappa shape index (κ2) is 6.87. The van der Waals surface area contributed by atoms with E-state index in [4.69, 9.17) is 22.1 Å².